The average molecular weight is 354 g/mol. The Labute approximate surface area is 133 Å². The molecule has 0 bridgehead atoms. The van der Waals surface area contributed by atoms with E-state index in [9.17, 15) is 0 Å². The molecule has 4 heteroatoms. The van der Waals surface area contributed by atoms with Crippen LogP contribution in [0.2, 0.25) is 0 Å². The summed E-state index contributed by atoms with van der Waals surface area (Å²) < 4.78 is 6.93. The zero-order valence-electron chi connectivity index (χ0n) is 11.9. The maximum atomic E-state index is 5.79. The van der Waals surface area contributed by atoms with E-state index in [1.54, 1.807) is 11.3 Å². The molecule has 2 nitrogen and oxygen atoms in total. The summed E-state index contributed by atoms with van der Waals surface area (Å²) in [5.74, 6) is 0.918. The largest absolute Gasteiger partial charge is 0.488 e. The lowest BCUT2D eigenvalue weighted by Crippen LogP contribution is -2.19. The molecular weight excluding hydrogens is 334 g/mol. The number of ether oxygens (including phenoxy) is 1. The van der Waals surface area contributed by atoms with Crippen LogP contribution in [0.25, 0.3) is 0 Å². The van der Waals surface area contributed by atoms with Crippen LogP contribution in [0.15, 0.2) is 40.2 Å². The molecule has 1 aromatic carbocycles. The summed E-state index contributed by atoms with van der Waals surface area (Å²) in [6, 6.07) is 12.9. The standard InChI is InChI=1S/C16H20BrNOS/c1-3-10-18-12(2)13-4-6-14(7-5-13)19-11-15-8-9-16(17)20-15/h4-9,12,18H,3,10-11H2,1-2H3. The molecule has 1 unspecified atom stereocenters. The van der Waals surface area contributed by atoms with Gasteiger partial charge in [0.15, 0.2) is 0 Å². The van der Waals surface area contributed by atoms with Crippen molar-refractivity contribution in [1.82, 2.24) is 5.32 Å². The van der Waals surface area contributed by atoms with Gasteiger partial charge in [-0.15, -0.1) is 11.3 Å². The first kappa shape index (κ1) is 15.5. The normalized spacial score (nSPS) is 12.3. The predicted octanol–water partition coefficient (Wildman–Crippen LogP) is 5.15. The third-order valence-corrected chi connectivity index (χ3v) is 4.69. The Morgan fingerprint density at radius 2 is 1.95 bits per heavy atom. The fourth-order valence-electron chi connectivity index (χ4n) is 1.92. The van der Waals surface area contributed by atoms with E-state index in [4.69, 9.17) is 4.74 Å². The highest BCUT2D eigenvalue weighted by Gasteiger charge is 2.04. The Bertz CT molecular complexity index is 524. The first-order valence-corrected chi connectivity index (χ1v) is 8.50. The maximum Gasteiger partial charge on any atom is 0.122 e. The van der Waals surface area contributed by atoms with E-state index in [-0.39, 0.29) is 0 Å². The van der Waals surface area contributed by atoms with Crippen LogP contribution in [0.3, 0.4) is 0 Å². The summed E-state index contributed by atoms with van der Waals surface area (Å²) in [4.78, 5) is 1.22. The minimum absolute atomic E-state index is 0.386. The minimum Gasteiger partial charge on any atom is -0.488 e. The van der Waals surface area contributed by atoms with Gasteiger partial charge in [-0.1, -0.05) is 19.1 Å². The van der Waals surface area contributed by atoms with Gasteiger partial charge in [-0.05, 0) is 65.6 Å². The highest BCUT2D eigenvalue weighted by molar-refractivity contribution is 9.11. The van der Waals surface area contributed by atoms with E-state index in [0.717, 1.165) is 22.5 Å². The molecule has 0 saturated carbocycles. The first-order valence-electron chi connectivity index (χ1n) is 6.89. The SMILES string of the molecule is CCCNC(C)c1ccc(OCc2ccc(Br)s2)cc1. The van der Waals surface area contributed by atoms with Crippen molar-refractivity contribution in [2.24, 2.45) is 0 Å². The van der Waals surface area contributed by atoms with Gasteiger partial charge in [-0.2, -0.15) is 0 Å². The van der Waals surface area contributed by atoms with Crippen LogP contribution in [0.1, 0.15) is 36.8 Å². The number of benzene rings is 1. The molecule has 2 rings (SSSR count). The first-order chi connectivity index (χ1) is 9.69. The fourth-order valence-corrected chi connectivity index (χ4v) is 3.31. The van der Waals surface area contributed by atoms with Crippen LogP contribution in [0.4, 0.5) is 0 Å². The second kappa shape index (κ2) is 7.81. The maximum absolute atomic E-state index is 5.79. The molecule has 2 aromatic rings. The van der Waals surface area contributed by atoms with Gasteiger partial charge in [-0.25, -0.2) is 0 Å². The zero-order chi connectivity index (χ0) is 14.4. The lowest BCUT2D eigenvalue weighted by molar-refractivity contribution is 0.309. The fraction of sp³-hybridized carbons (Fsp3) is 0.375. The molecule has 20 heavy (non-hydrogen) atoms. The monoisotopic (exact) mass is 353 g/mol. The number of hydrogen-bond donors (Lipinski definition) is 1. The molecule has 0 radical (unpaired) electrons. The summed E-state index contributed by atoms with van der Waals surface area (Å²) in [6.07, 6.45) is 1.15. The van der Waals surface area contributed by atoms with Gasteiger partial charge >= 0.3 is 0 Å². The summed E-state index contributed by atoms with van der Waals surface area (Å²) in [7, 11) is 0. The van der Waals surface area contributed by atoms with Crippen LogP contribution in [-0.2, 0) is 6.61 Å². The van der Waals surface area contributed by atoms with E-state index < -0.39 is 0 Å². The van der Waals surface area contributed by atoms with Gasteiger partial charge in [0.2, 0.25) is 0 Å². The van der Waals surface area contributed by atoms with E-state index >= 15 is 0 Å². The van der Waals surface area contributed by atoms with Gasteiger partial charge < -0.3 is 10.1 Å². The van der Waals surface area contributed by atoms with E-state index in [0.29, 0.717) is 12.6 Å². The second-order valence-corrected chi connectivity index (χ2v) is 7.29. The van der Waals surface area contributed by atoms with Crippen LogP contribution in [0, 0.1) is 0 Å². The van der Waals surface area contributed by atoms with Gasteiger partial charge in [0.1, 0.15) is 12.4 Å². The Morgan fingerprint density at radius 3 is 2.55 bits per heavy atom. The van der Waals surface area contributed by atoms with Crippen molar-refractivity contribution in [3.8, 4) is 5.75 Å². The number of halogens is 1. The minimum atomic E-state index is 0.386. The van der Waals surface area contributed by atoms with E-state index in [1.165, 1.54) is 10.4 Å². The third-order valence-electron chi connectivity index (χ3n) is 3.09. The molecular formula is C16H20BrNOS. The quantitative estimate of drug-likeness (QED) is 0.742. The summed E-state index contributed by atoms with van der Waals surface area (Å²) in [5, 5.41) is 3.48. The average Bonchev–Trinajstić information content (AvgIpc) is 2.89. The Balaban J connectivity index is 1.87. The van der Waals surface area contributed by atoms with Crippen molar-refractivity contribution in [2.75, 3.05) is 6.54 Å². The van der Waals surface area contributed by atoms with Crippen LogP contribution in [-0.4, -0.2) is 6.54 Å². The van der Waals surface area contributed by atoms with Crippen LogP contribution in [0.5, 0.6) is 5.75 Å². The van der Waals surface area contributed by atoms with Gasteiger partial charge in [0, 0.05) is 10.9 Å². The molecule has 1 atom stereocenters. The number of hydrogen-bond acceptors (Lipinski definition) is 3. The molecule has 1 N–H and O–H groups in total. The molecule has 0 aliphatic rings. The van der Waals surface area contributed by atoms with Crippen molar-refractivity contribution in [3.05, 3.63) is 50.6 Å². The summed E-state index contributed by atoms with van der Waals surface area (Å²) in [6.45, 7) is 6.04. The lowest BCUT2D eigenvalue weighted by atomic mass is 10.1. The van der Waals surface area contributed by atoms with Crippen molar-refractivity contribution in [2.45, 2.75) is 32.9 Å². The summed E-state index contributed by atoms with van der Waals surface area (Å²) in [5.41, 5.74) is 1.30. The third kappa shape index (κ3) is 4.62. The molecule has 0 fully saturated rings. The van der Waals surface area contributed by atoms with Crippen molar-refractivity contribution >= 4 is 27.3 Å². The smallest absolute Gasteiger partial charge is 0.122 e. The molecule has 0 spiro atoms. The van der Waals surface area contributed by atoms with Gasteiger partial charge in [-0.3, -0.25) is 0 Å². The Kier molecular flexibility index (Phi) is 6.07. The Morgan fingerprint density at radius 1 is 1.20 bits per heavy atom. The number of rotatable bonds is 7. The highest BCUT2D eigenvalue weighted by atomic mass is 79.9. The molecule has 0 saturated heterocycles. The predicted molar refractivity (Wildman–Crippen MR) is 89.5 cm³/mol. The van der Waals surface area contributed by atoms with Crippen molar-refractivity contribution in [3.63, 3.8) is 0 Å². The van der Waals surface area contributed by atoms with Crippen molar-refractivity contribution < 1.29 is 4.74 Å². The van der Waals surface area contributed by atoms with Crippen LogP contribution >= 0.6 is 27.3 Å². The summed E-state index contributed by atoms with van der Waals surface area (Å²) >= 11 is 5.17. The second-order valence-electron chi connectivity index (χ2n) is 4.74. The molecule has 1 aromatic heterocycles. The molecule has 0 aliphatic carbocycles. The Hall–Kier alpha value is -0.840. The van der Waals surface area contributed by atoms with Gasteiger partial charge in [0.25, 0.3) is 0 Å². The molecule has 0 amide bonds. The topological polar surface area (TPSA) is 21.3 Å². The number of thiophene rings is 1. The lowest BCUT2D eigenvalue weighted by Gasteiger charge is -2.14. The molecule has 0 aliphatic heterocycles. The molecule has 1 heterocycles. The van der Waals surface area contributed by atoms with E-state index in [2.05, 4.69) is 53.3 Å². The van der Waals surface area contributed by atoms with E-state index in [1.807, 2.05) is 18.2 Å². The highest BCUT2D eigenvalue weighted by Crippen LogP contribution is 2.24. The molecule has 108 valence electrons. The van der Waals surface area contributed by atoms with Crippen molar-refractivity contribution in [1.29, 1.82) is 0 Å². The van der Waals surface area contributed by atoms with Crippen LogP contribution < -0.4 is 10.1 Å². The zero-order valence-corrected chi connectivity index (χ0v) is 14.3. The number of nitrogens with one attached hydrogen (secondary N) is 1. The van der Waals surface area contributed by atoms with Gasteiger partial charge in [0.05, 0.1) is 3.79 Å².